The maximum absolute atomic E-state index is 12.4. The minimum atomic E-state index is -3.53. The van der Waals surface area contributed by atoms with Crippen molar-refractivity contribution in [2.45, 2.75) is 49.6 Å². The summed E-state index contributed by atoms with van der Waals surface area (Å²) in [6.45, 7) is 2.93. The van der Waals surface area contributed by atoms with Gasteiger partial charge in [0.05, 0.1) is 4.90 Å². The van der Waals surface area contributed by atoms with Gasteiger partial charge in [-0.1, -0.05) is 0 Å². The van der Waals surface area contributed by atoms with Gasteiger partial charge in [-0.25, -0.2) is 13.1 Å². The molecule has 148 valence electrons. The zero-order chi connectivity index (χ0) is 19.6. The molecule has 1 aromatic heterocycles. The molecule has 1 aromatic carbocycles. The molecule has 8 heteroatoms. The lowest BCUT2D eigenvalue weighted by atomic mass is 10.1. The number of amides is 1. The normalized spacial score (nSPS) is 16.0. The summed E-state index contributed by atoms with van der Waals surface area (Å²) in [5, 5.41) is 3.52. The molecular formula is C19H27N3O4S. The summed E-state index contributed by atoms with van der Waals surface area (Å²) in [6, 6.07) is 6.31. The summed E-state index contributed by atoms with van der Waals surface area (Å²) in [6.07, 6.45) is 3.62. The number of sulfonamides is 1. The number of fused-ring (bicyclic) bond motifs is 1. The third-order valence-corrected chi connectivity index (χ3v) is 6.06. The van der Waals surface area contributed by atoms with Crippen molar-refractivity contribution in [3.63, 3.8) is 0 Å². The Morgan fingerprint density at radius 2 is 2.04 bits per heavy atom. The monoisotopic (exact) mass is 393 g/mol. The molecule has 2 aromatic rings. The first-order valence-electron chi connectivity index (χ1n) is 9.26. The lowest BCUT2D eigenvalue weighted by Crippen LogP contribution is -2.32. The van der Waals surface area contributed by atoms with E-state index in [1.807, 2.05) is 21.0 Å². The predicted octanol–water partition coefficient (Wildman–Crippen LogP) is 2.33. The number of nitrogens with one attached hydrogen (secondary N) is 2. The van der Waals surface area contributed by atoms with E-state index >= 15 is 0 Å². The van der Waals surface area contributed by atoms with Gasteiger partial charge in [0.2, 0.25) is 10.0 Å². The second-order valence-electron chi connectivity index (χ2n) is 7.53. The first-order valence-corrected chi connectivity index (χ1v) is 10.7. The Morgan fingerprint density at radius 3 is 2.70 bits per heavy atom. The number of carbonyl (C=O) groups excluding carboxylic acids is 1. The summed E-state index contributed by atoms with van der Waals surface area (Å²) in [4.78, 5) is 14.7. The Balaban J connectivity index is 1.67. The third kappa shape index (κ3) is 5.31. The van der Waals surface area contributed by atoms with Gasteiger partial charge in [-0.2, -0.15) is 0 Å². The van der Waals surface area contributed by atoms with Crippen molar-refractivity contribution in [1.29, 1.82) is 0 Å². The first kappa shape index (κ1) is 19.9. The van der Waals surface area contributed by atoms with Crippen LogP contribution in [0.1, 0.15) is 43.2 Å². The molecule has 1 atom stereocenters. The molecule has 1 fully saturated rings. The van der Waals surface area contributed by atoms with Crippen molar-refractivity contribution >= 4 is 26.9 Å². The van der Waals surface area contributed by atoms with Gasteiger partial charge in [0.1, 0.15) is 5.58 Å². The second kappa shape index (κ2) is 8.00. The SMILES string of the molecule is CC(CCCN(C)C)NC(=O)c1cc2cc(S(=O)(=O)NC3CC3)ccc2o1. The fraction of sp³-hybridized carbons (Fsp3) is 0.526. The van der Waals surface area contributed by atoms with Gasteiger partial charge in [-0.15, -0.1) is 0 Å². The van der Waals surface area contributed by atoms with Gasteiger partial charge < -0.3 is 14.6 Å². The molecule has 0 spiro atoms. The highest BCUT2D eigenvalue weighted by Gasteiger charge is 2.28. The number of hydrogen-bond acceptors (Lipinski definition) is 5. The molecule has 3 rings (SSSR count). The van der Waals surface area contributed by atoms with E-state index in [9.17, 15) is 13.2 Å². The van der Waals surface area contributed by atoms with E-state index in [1.54, 1.807) is 18.2 Å². The van der Waals surface area contributed by atoms with E-state index in [0.717, 1.165) is 32.2 Å². The largest absolute Gasteiger partial charge is 0.451 e. The second-order valence-corrected chi connectivity index (χ2v) is 9.24. The van der Waals surface area contributed by atoms with Gasteiger partial charge in [0, 0.05) is 17.5 Å². The standard InChI is InChI=1S/C19H27N3O4S/c1-13(5-4-10-22(2)3)20-19(23)18-12-14-11-16(8-9-17(14)26-18)27(24,25)21-15-6-7-15/h8-9,11-13,15,21H,4-7,10H2,1-3H3,(H,20,23). The van der Waals surface area contributed by atoms with Crippen LogP contribution in [0, 0.1) is 0 Å². The molecule has 2 N–H and O–H groups in total. The molecule has 1 amide bonds. The number of carbonyl (C=O) groups is 1. The van der Waals surface area contributed by atoms with Crippen LogP contribution in [-0.2, 0) is 10.0 Å². The third-order valence-electron chi connectivity index (χ3n) is 4.54. The highest BCUT2D eigenvalue weighted by Crippen LogP contribution is 2.26. The number of hydrogen-bond donors (Lipinski definition) is 2. The number of furan rings is 1. The summed E-state index contributed by atoms with van der Waals surface area (Å²) >= 11 is 0. The number of nitrogens with zero attached hydrogens (tertiary/aromatic N) is 1. The van der Waals surface area contributed by atoms with Crippen LogP contribution in [0.25, 0.3) is 11.0 Å². The minimum Gasteiger partial charge on any atom is -0.451 e. The molecule has 1 heterocycles. The molecule has 1 aliphatic rings. The van der Waals surface area contributed by atoms with Crippen molar-refractivity contribution in [1.82, 2.24) is 14.9 Å². The van der Waals surface area contributed by atoms with E-state index in [-0.39, 0.29) is 28.6 Å². The van der Waals surface area contributed by atoms with E-state index < -0.39 is 10.0 Å². The number of rotatable bonds is 9. The number of benzene rings is 1. The molecule has 1 saturated carbocycles. The Kier molecular flexibility index (Phi) is 5.88. The molecule has 1 aliphatic carbocycles. The predicted molar refractivity (Wildman–Crippen MR) is 104 cm³/mol. The molecule has 0 saturated heterocycles. The fourth-order valence-electron chi connectivity index (χ4n) is 2.87. The smallest absolute Gasteiger partial charge is 0.287 e. The summed E-state index contributed by atoms with van der Waals surface area (Å²) < 4.78 is 32.9. The van der Waals surface area contributed by atoms with E-state index in [1.165, 1.54) is 6.07 Å². The van der Waals surface area contributed by atoms with Crippen LogP contribution in [-0.4, -0.2) is 51.9 Å². The molecule has 7 nitrogen and oxygen atoms in total. The van der Waals surface area contributed by atoms with Crippen LogP contribution in [0.15, 0.2) is 33.6 Å². The Labute approximate surface area is 160 Å². The molecule has 0 bridgehead atoms. The minimum absolute atomic E-state index is 0.0318. The molecular weight excluding hydrogens is 366 g/mol. The van der Waals surface area contributed by atoms with Gasteiger partial charge in [-0.3, -0.25) is 4.79 Å². The van der Waals surface area contributed by atoms with Gasteiger partial charge in [0.15, 0.2) is 5.76 Å². The van der Waals surface area contributed by atoms with Crippen LogP contribution >= 0.6 is 0 Å². The van der Waals surface area contributed by atoms with Crippen LogP contribution in [0.5, 0.6) is 0 Å². The lowest BCUT2D eigenvalue weighted by Gasteiger charge is -2.14. The van der Waals surface area contributed by atoms with Crippen molar-refractivity contribution < 1.29 is 17.6 Å². The Bertz CT molecular complexity index is 916. The fourth-order valence-corrected chi connectivity index (χ4v) is 4.21. The summed E-state index contributed by atoms with van der Waals surface area (Å²) in [5.74, 6) is -0.0989. The van der Waals surface area contributed by atoms with Crippen molar-refractivity contribution in [2.24, 2.45) is 0 Å². The summed E-state index contributed by atoms with van der Waals surface area (Å²) in [5.41, 5.74) is 0.491. The quantitative estimate of drug-likeness (QED) is 0.682. The topological polar surface area (TPSA) is 91.7 Å². The molecule has 27 heavy (non-hydrogen) atoms. The first-order chi connectivity index (χ1) is 12.7. The van der Waals surface area contributed by atoms with Gasteiger partial charge in [0.25, 0.3) is 5.91 Å². The van der Waals surface area contributed by atoms with E-state index in [2.05, 4.69) is 14.9 Å². The van der Waals surface area contributed by atoms with Crippen LogP contribution < -0.4 is 10.0 Å². The zero-order valence-electron chi connectivity index (χ0n) is 16.0. The lowest BCUT2D eigenvalue weighted by molar-refractivity contribution is 0.0911. The van der Waals surface area contributed by atoms with Gasteiger partial charge >= 0.3 is 0 Å². The average Bonchev–Trinajstić information content (AvgIpc) is 3.27. The van der Waals surface area contributed by atoms with Crippen LogP contribution in [0.4, 0.5) is 0 Å². The summed E-state index contributed by atoms with van der Waals surface area (Å²) in [7, 11) is 0.508. The molecule has 0 radical (unpaired) electrons. The highest BCUT2D eigenvalue weighted by atomic mass is 32.2. The molecule has 1 unspecified atom stereocenters. The van der Waals surface area contributed by atoms with Crippen molar-refractivity contribution in [2.75, 3.05) is 20.6 Å². The van der Waals surface area contributed by atoms with E-state index in [4.69, 9.17) is 4.42 Å². The average molecular weight is 394 g/mol. The maximum Gasteiger partial charge on any atom is 0.287 e. The Morgan fingerprint density at radius 1 is 1.30 bits per heavy atom. The Hall–Kier alpha value is -1.90. The van der Waals surface area contributed by atoms with Crippen molar-refractivity contribution in [3.8, 4) is 0 Å². The zero-order valence-corrected chi connectivity index (χ0v) is 16.8. The molecule has 0 aliphatic heterocycles. The van der Waals surface area contributed by atoms with Crippen LogP contribution in [0.2, 0.25) is 0 Å². The maximum atomic E-state index is 12.4. The van der Waals surface area contributed by atoms with E-state index in [0.29, 0.717) is 11.0 Å². The van der Waals surface area contributed by atoms with Crippen molar-refractivity contribution in [3.05, 3.63) is 30.0 Å². The van der Waals surface area contributed by atoms with Crippen LogP contribution in [0.3, 0.4) is 0 Å². The van der Waals surface area contributed by atoms with Gasteiger partial charge in [-0.05, 0) is 77.5 Å². The highest BCUT2D eigenvalue weighted by molar-refractivity contribution is 7.89.